The molecule has 2 aromatic heterocycles. The second-order valence-corrected chi connectivity index (χ2v) is 4.45. The molecule has 0 fully saturated rings. The SMILES string of the molecule is O=C(O)C(Cc1cccnc1)c1cccs1. The Morgan fingerprint density at radius 2 is 2.31 bits per heavy atom. The monoisotopic (exact) mass is 233 g/mol. The third-order valence-electron chi connectivity index (χ3n) is 2.35. The molecule has 1 N–H and O–H groups in total. The summed E-state index contributed by atoms with van der Waals surface area (Å²) in [7, 11) is 0. The van der Waals surface area contributed by atoms with Gasteiger partial charge in [0.05, 0.1) is 5.92 Å². The molecular weight excluding hydrogens is 222 g/mol. The fourth-order valence-corrected chi connectivity index (χ4v) is 2.37. The van der Waals surface area contributed by atoms with Crippen molar-refractivity contribution in [2.75, 3.05) is 0 Å². The molecule has 0 saturated carbocycles. The van der Waals surface area contributed by atoms with Crippen molar-refractivity contribution < 1.29 is 9.90 Å². The molecule has 82 valence electrons. The molecule has 0 radical (unpaired) electrons. The predicted octanol–water partition coefficient (Wildman–Crippen LogP) is 2.55. The van der Waals surface area contributed by atoms with Crippen LogP contribution < -0.4 is 0 Å². The summed E-state index contributed by atoms with van der Waals surface area (Å²) < 4.78 is 0. The summed E-state index contributed by atoms with van der Waals surface area (Å²) >= 11 is 1.48. The zero-order valence-corrected chi connectivity index (χ0v) is 9.35. The van der Waals surface area contributed by atoms with Gasteiger partial charge in [0.1, 0.15) is 0 Å². The normalized spacial score (nSPS) is 12.2. The Labute approximate surface area is 97.4 Å². The summed E-state index contributed by atoms with van der Waals surface area (Å²) in [5.41, 5.74) is 0.948. The lowest BCUT2D eigenvalue weighted by Gasteiger charge is -2.09. The van der Waals surface area contributed by atoms with Gasteiger partial charge in [-0.15, -0.1) is 11.3 Å². The Balaban J connectivity index is 2.19. The number of hydrogen-bond acceptors (Lipinski definition) is 3. The lowest BCUT2D eigenvalue weighted by molar-refractivity contribution is -0.138. The van der Waals surface area contributed by atoms with Crippen LogP contribution in [0.2, 0.25) is 0 Å². The smallest absolute Gasteiger partial charge is 0.312 e. The molecule has 1 unspecified atom stereocenters. The zero-order chi connectivity index (χ0) is 11.4. The lowest BCUT2D eigenvalue weighted by atomic mass is 9.99. The number of hydrogen-bond donors (Lipinski definition) is 1. The van der Waals surface area contributed by atoms with Crippen molar-refractivity contribution >= 4 is 17.3 Å². The highest BCUT2D eigenvalue weighted by molar-refractivity contribution is 7.10. The van der Waals surface area contributed by atoms with Gasteiger partial charge in [-0.2, -0.15) is 0 Å². The highest BCUT2D eigenvalue weighted by atomic mass is 32.1. The van der Waals surface area contributed by atoms with Gasteiger partial charge in [0.15, 0.2) is 0 Å². The molecule has 2 rings (SSSR count). The van der Waals surface area contributed by atoms with Crippen LogP contribution in [0.1, 0.15) is 16.4 Å². The van der Waals surface area contributed by atoms with Gasteiger partial charge in [-0.05, 0) is 29.5 Å². The highest BCUT2D eigenvalue weighted by Crippen LogP contribution is 2.25. The number of rotatable bonds is 4. The number of aromatic nitrogens is 1. The summed E-state index contributed by atoms with van der Waals surface area (Å²) in [4.78, 5) is 16.1. The molecule has 2 heterocycles. The Bertz CT molecular complexity index is 453. The van der Waals surface area contributed by atoms with Crippen molar-refractivity contribution in [3.05, 3.63) is 52.5 Å². The quantitative estimate of drug-likeness (QED) is 0.882. The van der Waals surface area contributed by atoms with Crippen LogP contribution in [0.3, 0.4) is 0 Å². The molecule has 1 atom stereocenters. The second kappa shape index (κ2) is 4.90. The molecule has 0 aromatic carbocycles. The fourth-order valence-electron chi connectivity index (χ4n) is 1.55. The average molecular weight is 233 g/mol. The topological polar surface area (TPSA) is 50.2 Å². The van der Waals surface area contributed by atoms with E-state index in [9.17, 15) is 9.90 Å². The van der Waals surface area contributed by atoms with Crippen molar-refractivity contribution in [2.45, 2.75) is 12.3 Å². The van der Waals surface area contributed by atoms with Crippen LogP contribution in [0.15, 0.2) is 42.0 Å². The van der Waals surface area contributed by atoms with Gasteiger partial charge >= 0.3 is 5.97 Å². The first kappa shape index (κ1) is 10.8. The molecule has 0 aliphatic heterocycles. The number of aliphatic carboxylic acids is 1. The van der Waals surface area contributed by atoms with Crippen LogP contribution in [-0.2, 0) is 11.2 Å². The summed E-state index contributed by atoms with van der Waals surface area (Å²) in [6, 6.07) is 7.46. The maximum Gasteiger partial charge on any atom is 0.312 e. The minimum atomic E-state index is -0.786. The number of carboxylic acid groups (broad SMARTS) is 1. The number of pyridine rings is 1. The van der Waals surface area contributed by atoms with Crippen LogP contribution in [0.4, 0.5) is 0 Å². The Kier molecular flexibility index (Phi) is 3.31. The molecule has 0 spiro atoms. The fraction of sp³-hybridized carbons (Fsp3) is 0.167. The van der Waals surface area contributed by atoms with Crippen molar-refractivity contribution in [2.24, 2.45) is 0 Å². The van der Waals surface area contributed by atoms with Gasteiger partial charge in [0, 0.05) is 17.3 Å². The van der Waals surface area contributed by atoms with Crippen molar-refractivity contribution in [1.29, 1.82) is 0 Å². The van der Waals surface area contributed by atoms with E-state index in [1.165, 1.54) is 11.3 Å². The van der Waals surface area contributed by atoms with E-state index in [-0.39, 0.29) is 0 Å². The van der Waals surface area contributed by atoms with Gasteiger partial charge in [-0.1, -0.05) is 12.1 Å². The van der Waals surface area contributed by atoms with E-state index in [1.54, 1.807) is 12.4 Å². The number of carboxylic acids is 1. The van der Waals surface area contributed by atoms with Gasteiger partial charge in [-0.25, -0.2) is 0 Å². The highest BCUT2D eigenvalue weighted by Gasteiger charge is 2.21. The number of nitrogens with zero attached hydrogens (tertiary/aromatic N) is 1. The van der Waals surface area contributed by atoms with Gasteiger partial charge in [-0.3, -0.25) is 9.78 Å². The molecule has 4 heteroatoms. The molecule has 0 saturated heterocycles. The van der Waals surface area contributed by atoms with Gasteiger partial charge in [0.25, 0.3) is 0 Å². The molecule has 0 aliphatic rings. The van der Waals surface area contributed by atoms with Gasteiger partial charge < -0.3 is 5.11 Å². The first-order valence-corrected chi connectivity index (χ1v) is 5.80. The lowest BCUT2D eigenvalue weighted by Crippen LogP contribution is -2.13. The Morgan fingerprint density at radius 3 is 2.88 bits per heavy atom. The van der Waals surface area contributed by atoms with E-state index in [0.717, 1.165) is 10.4 Å². The van der Waals surface area contributed by atoms with Crippen molar-refractivity contribution in [3.63, 3.8) is 0 Å². The minimum Gasteiger partial charge on any atom is -0.481 e. The Hall–Kier alpha value is -1.68. The summed E-state index contributed by atoms with van der Waals surface area (Å²) in [6.07, 6.45) is 3.89. The summed E-state index contributed by atoms with van der Waals surface area (Å²) in [6.45, 7) is 0. The van der Waals surface area contributed by atoms with E-state index >= 15 is 0 Å². The number of thiophene rings is 1. The molecule has 0 aliphatic carbocycles. The van der Waals surface area contributed by atoms with Crippen LogP contribution in [0.25, 0.3) is 0 Å². The standard InChI is InChI=1S/C12H11NO2S/c14-12(15)10(11-4-2-6-16-11)7-9-3-1-5-13-8-9/h1-6,8,10H,7H2,(H,14,15). The zero-order valence-electron chi connectivity index (χ0n) is 8.54. The predicted molar refractivity (Wildman–Crippen MR) is 62.6 cm³/mol. The van der Waals surface area contributed by atoms with E-state index in [2.05, 4.69) is 4.98 Å². The third kappa shape index (κ3) is 2.46. The molecule has 0 amide bonds. The second-order valence-electron chi connectivity index (χ2n) is 3.47. The average Bonchev–Trinajstić information content (AvgIpc) is 2.80. The molecule has 3 nitrogen and oxygen atoms in total. The van der Waals surface area contributed by atoms with Crippen LogP contribution >= 0.6 is 11.3 Å². The van der Waals surface area contributed by atoms with E-state index in [4.69, 9.17) is 0 Å². The first-order chi connectivity index (χ1) is 7.77. The third-order valence-corrected chi connectivity index (χ3v) is 3.33. The van der Waals surface area contributed by atoms with E-state index in [0.29, 0.717) is 6.42 Å². The van der Waals surface area contributed by atoms with Crippen LogP contribution in [-0.4, -0.2) is 16.1 Å². The first-order valence-electron chi connectivity index (χ1n) is 4.92. The van der Waals surface area contributed by atoms with E-state index in [1.807, 2.05) is 29.6 Å². The van der Waals surface area contributed by atoms with E-state index < -0.39 is 11.9 Å². The van der Waals surface area contributed by atoms with Crippen LogP contribution in [0, 0.1) is 0 Å². The maximum atomic E-state index is 11.2. The molecule has 16 heavy (non-hydrogen) atoms. The van der Waals surface area contributed by atoms with Gasteiger partial charge in [0.2, 0.25) is 0 Å². The van der Waals surface area contributed by atoms with Crippen molar-refractivity contribution in [1.82, 2.24) is 4.98 Å². The molecule has 2 aromatic rings. The number of carbonyl (C=O) groups is 1. The Morgan fingerprint density at radius 1 is 1.44 bits per heavy atom. The molecule has 0 bridgehead atoms. The molecular formula is C12H11NO2S. The summed E-state index contributed by atoms with van der Waals surface area (Å²) in [5.74, 6) is -1.25. The minimum absolute atomic E-state index is 0.468. The largest absolute Gasteiger partial charge is 0.481 e. The van der Waals surface area contributed by atoms with Crippen molar-refractivity contribution in [3.8, 4) is 0 Å². The van der Waals surface area contributed by atoms with Crippen LogP contribution in [0.5, 0.6) is 0 Å². The maximum absolute atomic E-state index is 11.2. The summed E-state index contributed by atoms with van der Waals surface area (Å²) in [5, 5.41) is 11.1.